The Morgan fingerprint density at radius 3 is 1.55 bits per heavy atom. The summed E-state index contributed by atoms with van der Waals surface area (Å²) in [5, 5.41) is 0. The van der Waals surface area contributed by atoms with Gasteiger partial charge in [-0.25, -0.2) is 8.42 Å². The van der Waals surface area contributed by atoms with E-state index in [2.05, 4.69) is 26.8 Å². The number of hydrogen-bond donors (Lipinski definition) is 0. The van der Waals surface area contributed by atoms with E-state index >= 15 is 0 Å². The SMILES string of the molecule is CCCCCCCCCCCCC(CCCCCCCCCC)CN1c2cc(C)sc2-c2sc(C)cc2S1(=O)=O. The lowest BCUT2D eigenvalue weighted by Crippen LogP contribution is -2.37. The predicted molar refractivity (Wildman–Crippen MR) is 179 cm³/mol. The minimum Gasteiger partial charge on any atom is -0.264 e. The first-order valence-electron chi connectivity index (χ1n) is 16.6. The van der Waals surface area contributed by atoms with E-state index in [-0.39, 0.29) is 0 Å². The molecule has 0 saturated carbocycles. The molecule has 2 aromatic rings. The summed E-state index contributed by atoms with van der Waals surface area (Å²) in [6.45, 7) is 9.32. The fourth-order valence-corrected chi connectivity index (χ4v) is 10.6. The van der Waals surface area contributed by atoms with Crippen molar-refractivity contribution < 1.29 is 8.42 Å². The van der Waals surface area contributed by atoms with Crippen LogP contribution in [0.2, 0.25) is 0 Å². The fraction of sp³-hybridized carbons (Fsp3) is 0.765. The number of aryl methyl sites for hydroxylation is 2. The third-order valence-corrected chi connectivity index (χ3v) is 12.7. The molecule has 3 heterocycles. The molecular weight excluding hydrogens is 551 g/mol. The smallest absolute Gasteiger partial charge is 0.264 e. The van der Waals surface area contributed by atoms with Gasteiger partial charge in [0.25, 0.3) is 10.0 Å². The number of rotatable bonds is 22. The van der Waals surface area contributed by atoms with Gasteiger partial charge in [0.05, 0.1) is 15.4 Å². The topological polar surface area (TPSA) is 37.4 Å². The van der Waals surface area contributed by atoms with E-state index < -0.39 is 10.0 Å². The average Bonchev–Trinajstić information content (AvgIpc) is 3.51. The summed E-state index contributed by atoms with van der Waals surface area (Å²) in [4.78, 5) is 4.92. The summed E-state index contributed by atoms with van der Waals surface area (Å²) < 4.78 is 29.6. The molecule has 1 aliphatic rings. The minimum absolute atomic E-state index is 0.429. The molecule has 0 N–H and O–H groups in total. The maximum atomic E-state index is 13.9. The van der Waals surface area contributed by atoms with Gasteiger partial charge in [-0.1, -0.05) is 129 Å². The lowest BCUT2D eigenvalue weighted by atomic mass is 9.93. The summed E-state index contributed by atoms with van der Waals surface area (Å²) in [5.74, 6) is 0.429. The van der Waals surface area contributed by atoms with Crippen molar-refractivity contribution in [3.63, 3.8) is 0 Å². The Morgan fingerprint density at radius 1 is 0.625 bits per heavy atom. The normalized spacial score (nSPS) is 14.8. The van der Waals surface area contributed by atoms with Gasteiger partial charge in [-0.2, -0.15) is 0 Å². The third-order valence-electron chi connectivity index (χ3n) is 8.56. The zero-order valence-corrected chi connectivity index (χ0v) is 28.5. The minimum atomic E-state index is -3.51. The highest BCUT2D eigenvalue weighted by molar-refractivity contribution is 7.93. The molecule has 0 radical (unpaired) electrons. The Balaban J connectivity index is 1.57. The van der Waals surface area contributed by atoms with Gasteiger partial charge in [0.15, 0.2) is 0 Å². The van der Waals surface area contributed by atoms with E-state index in [1.165, 1.54) is 120 Å². The second-order valence-corrected chi connectivity index (χ2v) is 16.6. The van der Waals surface area contributed by atoms with Crippen LogP contribution in [0.1, 0.15) is 152 Å². The highest BCUT2D eigenvalue weighted by Gasteiger charge is 2.38. The van der Waals surface area contributed by atoms with Crippen molar-refractivity contribution in [3.05, 3.63) is 21.9 Å². The fourth-order valence-electron chi connectivity index (χ4n) is 6.18. The van der Waals surface area contributed by atoms with Crippen molar-refractivity contribution in [2.75, 3.05) is 10.8 Å². The third kappa shape index (κ3) is 10.2. The molecule has 0 aromatic carbocycles. The van der Waals surface area contributed by atoms with Gasteiger partial charge in [0.1, 0.15) is 4.90 Å². The summed E-state index contributed by atoms with van der Waals surface area (Å²) in [6, 6.07) is 4.01. The zero-order valence-electron chi connectivity index (χ0n) is 26.1. The monoisotopic (exact) mass is 607 g/mol. The van der Waals surface area contributed by atoms with E-state index in [9.17, 15) is 8.42 Å². The maximum Gasteiger partial charge on any atom is 0.265 e. The highest BCUT2D eigenvalue weighted by atomic mass is 32.2. The molecule has 6 heteroatoms. The standard InChI is InChI=1S/C34H57NO2S3/c1-5-7-9-11-13-15-16-18-20-22-24-30(23-21-19-17-14-12-10-8-6-2)27-35-31-25-28(3)38-33(31)34-32(40(35,36)37)26-29(4)39-34/h25-26,30H,5-24,27H2,1-4H3. The molecule has 0 spiro atoms. The molecule has 1 aliphatic heterocycles. The van der Waals surface area contributed by atoms with Crippen LogP contribution in [0.25, 0.3) is 9.75 Å². The van der Waals surface area contributed by atoms with Gasteiger partial charge in [0.2, 0.25) is 0 Å². The molecule has 1 atom stereocenters. The van der Waals surface area contributed by atoms with Crippen LogP contribution in [0.4, 0.5) is 5.69 Å². The van der Waals surface area contributed by atoms with Crippen molar-refractivity contribution in [1.82, 2.24) is 0 Å². The van der Waals surface area contributed by atoms with Crippen LogP contribution in [0.5, 0.6) is 0 Å². The highest BCUT2D eigenvalue weighted by Crippen LogP contribution is 2.51. The molecule has 0 bridgehead atoms. The predicted octanol–water partition coefficient (Wildman–Crippen LogP) is 12.1. The van der Waals surface area contributed by atoms with Crippen molar-refractivity contribution in [2.45, 2.75) is 161 Å². The van der Waals surface area contributed by atoms with Crippen molar-refractivity contribution in [2.24, 2.45) is 5.92 Å². The average molecular weight is 608 g/mol. The van der Waals surface area contributed by atoms with Crippen LogP contribution in [0.3, 0.4) is 0 Å². The van der Waals surface area contributed by atoms with E-state index in [0.717, 1.165) is 33.2 Å². The number of hydrogen-bond acceptors (Lipinski definition) is 4. The molecule has 2 aromatic heterocycles. The number of nitrogens with zero attached hydrogens (tertiary/aromatic N) is 1. The van der Waals surface area contributed by atoms with E-state index in [1.54, 1.807) is 27.0 Å². The molecule has 0 amide bonds. The van der Waals surface area contributed by atoms with Crippen LogP contribution in [-0.4, -0.2) is 15.0 Å². The quantitative estimate of drug-likeness (QED) is 0.125. The van der Waals surface area contributed by atoms with Gasteiger partial charge < -0.3 is 0 Å². The molecule has 3 rings (SSSR count). The second-order valence-electron chi connectivity index (χ2n) is 12.3. The molecule has 0 fully saturated rings. The van der Waals surface area contributed by atoms with Crippen molar-refractivity contribution in [3.8, 4) is 9.75 Å². The Morgan fingerprint density at radius 2 is 1.05 bits per heavy atom. The van der Waals surface area contributed by atoms with Gasteiger partial charge in [-0.3, -0.25) is 4.31 Å². The Hall–Kier alpha value is -0.850. The van der Waals surface area contributed by atoms with Gasteiger partial charge in [-0.15, -0.1) is 22.7 Å². The first-order valence-corrected chi connectivity index (χ1v) is 19.7. The number of anilines is 1. The largest absolute Gasteiger partial charge is 0.265 e. The maximum absolute atomic E-state index is 13.9. The second kappa shape index (κ2) is 18.0. The van der Waals surface area contributed by atoms with Gasteiger partial charge >= 0.3 is 0 Å². The molecule has 40 heavy (non-hydrogen) atoms. The van der Waals surface area contributed by atoms with Crippen LogP contribution >= 0.6 is 22.7 Å². The molecule has 0 saturated heterocycles. The van der Waals surface area contributed by atoms with Crippen molar-refractivity contribution in [1.29, 1.82) is 0 Å². The Labute approximate surface area is 255 Å². The first kappa shape index (κ1) is 33.6. The first-order chi connectivity index (χ1) is 19.4. The van der Waals surface area contributed by atoms with Crippen LogP contribution < -0.4 is 4.31 Å². The lowest BCUT2D eigenvalue weighted by Gasteiger charge is -2.32. The Bertz CT molecular complexity index is 1080. The number of sulfonamides is 1. The molecule has 228 valence electrons. The summed E-state index contributed by atoms with van der Waals surface area (Å²) in [6.07, 6.45) is 26.3. The van der Waals surface area contributed by atoms with Crippen LogP contribution in [-0.2, 0) is 10.0 Å². The van der Waals surface area contributed by atoms with Gasteiger partial charge in [-0.05, 0) is 44.7 Å². The van der Waals surface area contributed by atoms with Gasteiger partial charge in [0, 0.05) is 16.3 Å². The molecule has 1 unspecified atom stereocenters. The van der Waals surface area contributed by atoms with E-state index in [4.69, 9.17) is 0 Å². The zero-order chi connectivity index (χ0) is 28.8. The van der Waals surface area contributed by atoms with Crippen molar-refractivity contribution >= 4 is 38.4 Å². The summed E-state index contributed by atoms with van der Waals surface area (Å²) in [5.41, 5.74) is 0.931. The summed E-state index contributed by atoms with van der Waals surface area (Å²) in [7, 11) is -3.51. The summed E-state index contributed by atoms with van der Waals surface area (Å²) >= 11 is 3.38. The van der Waals surface area contributed by atoms with E-state index in [1.807, 2.05) is 13.0 Å². The molecular formula is C34H57NO2S3. The number of unbranched alkanes of at least 4 members (excludes halogenated alkanes) is 16. The number of thiophene rings is 2. The van der Waals surface area contributed by atoms with Crippen LogP contribution in [0.15, 0.2) is 17.0 Å². The molecule has 0 aliphatic carbocycles. The molecule has 3 nitrogen and oxygen atoms in total. The Kier molecular flexibility index (Phi) is 15.1. The van der Waals surface area contributed by atoms with Crippen LogP contribution in [0, 0.1) is 19.8 Å². The number of fused-ring (bicyclic) bond motifs is 3. The lowest BCUT2D eigenvalue weighted by molar-refractivity contribution is 0.409. The van der Waals surface area contributed by atoms with E-state index in [0.29, 0.717) is 17.4 Å².